The molecule has 2 saturated heterocycles. The zero-order valence-electron chi connectivity index (χ0n) is 20.1. The Balaban J connectivity index is 1.15. The van der Waals surface area contributed by atoms with Crippen LogP contribution in [0.3, 0.4) is 0 Å². The van der Waals surface area contributed by atoms with Crippen LogP contribution in [0.4, 0.5) is 17.1 Å². The van der Waals surface area contributed by atoms with Crippen molar-refractivity contribution >= 4 is 33.9 Å². The molecular weight excluding hydrogens is 454 g/mol. The Hall–Kier alpha value is -3.88. The minimum atomic E-state index is -0.131. The van der Waals surface area contributed by atoms with E-state index in [1.807, 2.05) is 53.3 Å². The van der Waals surface area contributed by atoms with Crippen molar-refractivity contribution < 1.29 is 14.3 Å². The molecule has 184 valence electrons. The van der Waals surface area contributed by atoms with E-state index >= 15 is 0 Å². The molecule has 0 bridgehead atoms. The van der Waals surface area contributed by atoms with E-state index in [0.29, 0.717) is 5.56 Å². The maximum Gasteiger partial charge on any atom is 0.255 e. The van der Waals surface area contributed by atoms with Gasteiger partial charge in [-0.1, -0.05) is 0 Å². The van der Waals surface area contributed by atoms with Crippen LogP contribution in [0.2, 0.25) is 0 Å². The number of benzene rings is 3. The van der Waals surface area contributed by atoms with Crippen LogP contribution in [0, 0.1) is 0 Å². The van der Waals surface area contributed by atoms with Crippen molar-refractivity contribution in [2.24, 2.45) is 0 Å². The first kappa shape index (κ1) is 22.6. The molecule has 2 aliphatic rings. The molecule has 1 amide bonds. The van der Waals surface area contributed by atoms with Gasteiger partial charge in [0, 0.05) is 54.2 Å². The van der Waals surface area contributed by atoms with E-state index in [4.69, 9.17) is 9.47 Å². The van der Waals surface area contributed by atoms with E-state index in [1.54, 1.807) is 0 Å². The van der Waals surface area contributed by atoms with Crippen LogP contribution in [0.5, 0.6) is 0 Å². The lowest BCUT2D eigenvalue weighted by atomic mass is 10.1. The number of carbonyl (C=O) groups excluding carboxylic acids is 1. The zero-order valence-corrected chi connectivity index (χ0v) is 20.1. The molecule has 36 heavy (non-hydrogen) atoms. The summed E-state index contributed by atoms with van der Waals surface area (Å²) >= 11 is 0. The summed E-state index contributed by atoms with van der Waals surface area (Å²) in [6, 6.07) is 22.1. The second-order valence-corrected chi connectivity index (χ2v) is 9.05. The molecule has 0 aliphatic carbocycles. The van der Waals surface area contributed by atoms with Gasteiger partial charge in [-0.3, -0.25) is 4.79 Å². The Morgan fingerprint density at radius 3 is 1.89 bits per heavy atom. The molecular formula is C28H29N5O3. The highest BCUT2D eigenvalue weighted by molar-refractivity contribution is 6.05. The Labute approximate surface area is 210 Å². The number of amides is 1. The maximum atomic E-state index is 12.8. The highest BCUT2D eigenvalue weighted by atomic mass is 16.5. The molecule has 2 aliphatic heterocycles. The Morgan fingerprint density at radius 1 is 0.722 bits per heavy atom. The summed E-state index contributed by atoms with van der Waals surface area (Å²) in [5, 5.41) is 8.58. The Morgan fingerprint density at radius 2 is 1.28 bits per heavy atom. The lowest BCUT2D eigenvalue weighted by Crippen LogP contribution is -2.36. The van der Waals surface area contributed by atoms with Crippen LogP contribution >= 0.6 is 0 Å². The minimum Gasteiger partial charge on any atom is -0.378 e. The van der Waals surface area contributed by atoms with E-state index in [2.05, 4.69) is 44.5 Å². The zero-order chi connectivity index (χ0) is 24.3. The summed E-state index contributed by atoms with van der Waals surface area (Å²) < 4.78 is 12.8. The third-order valence-corrected chi connectivity index (χ3v) is 6.80. The smallest absolute Gasteiger partial charge is 0.255 e. The molecule has 0 atom stereocenters. The molecule has 6 rings (SSSR count). The van der Waals surface area contributed by atoms with Gasteiger partial charge in [0.2, 0.25) is 0 Å². The van der Waals surface area contributed by atoms with Gasteiger partial charge in [0.25, 0.3) is 5.91 Å². The number of hydrogen-bond acceptors (Lipinski definition) is 6. The van der Waals surface area contributed by atoms with E-state index in [1.165, 1.54) is 5.69 Å². The van der Waals surface area contributed by atoms with Gasteiger partial charge in [0.15, 0.2) is 0 Å². The third-order valence-electron chi connectivity index (χ3n) is 6.80. The van der Waals surface area contributed by atoms with E-state index < -0.39 is 0 Å². The summed E-state index contributed by atoms with van der Waals surface area (Å²) in [6.07, 6.45) is 1.83. The fourth-order valence-electron chi connectivity index (χ4n) is 4.79. The van der Waals surface area contributed by atoms with E-state index in [0.717, 1.165) is 80.6 Å². The van der Waals surface area contributed by atoms with Crippen molar-refractivity contribution in [3.05, 3.63) is 78.5 Å². The number of anilines is 3. The SMILES string of the molecule is O=C(Nc1ccc2c(cnn2-c2ccc(N3CCOCC3)cc2)c1)c1ccc(N2CCOCC2)cc1. The van der Waals surface area contributed by atoms with Gasteiger partial charge in [-0.25, -0.2) is 4.68 Å². The first-order chi connectivity index (χ1) is 17.7. The average Bonchev–Trinajstić information content (AvgIpc) is 3.37. The quantitative estimate of drug-likeness (QED) is 0.464. The number of hydrogen-bond donors (Lipinski definition) is 1. The number of carbonyl (C=O) groups is 1. The first-order valence-electron chi connectivity index (χ1n) is 12.4. The van der Waals surface area contributed by atoms with Crippen LogP contribution < -0.4 is 15.1 Å². The molecule has 0 spiro atoms. The molecule has 1 aromatic heterocycles. The first-order valence-corrected chi connectivity index (χ1v) is 12.4. The van der Waals surface area contributed by atoms with Crippen molar-refractivity contribution in [2.75, 3.05) is 67.7 Å². The van der Waals surface area contributed by atoms with Gasteiger partial charge < -0.3 is 24.6 Å². The second kappa shape index (κ2) is 10.0. The summed E-state index contributed by atoms with van der Waals surface area (Å²) in [6.45, 7) is 6.58. The second-order valence-electron chi connectivity index (χ2n) is 9.05. The van der Waals surface area contributed by atoms with Gasteiger partial charge in [0.05, 0.1) is 43.8 Å². The maximum absolute atomic E-state index is 12.8. The summed E-state index contributed by atoms with van der Waals surface area (Å²) in [5.74, 6) is -0.131. The summed E-state index contributed by atoms with van der Waals surface area (Å²) in [7, 11) is 0. The van der Waals surface area contributed by atoms with Crippen LogP contribution in [0.1, 0.15) is 10.4 Å². The molecule has 1 N–H and O–H groups in total. The molecule has 8 nitrogen and oxygen atoms in total. The van der Waals surface area contributed by atoms with E-state index in [9.17, 15) is 4.79 Å². The van der Waals surface area contributed by atoms with Gasteiger partial charge in [-0.05, 0) is 66.7 Å². The molecule has 0 unspecified atom stereocenters. The molecule has 8 heteroatoms. The fourth-order valence-corrected chi connectivity index (χ4v) is 4.79. The number of aromatic nitrogens is 2. The highest BCUT2D eigenvalue weighted by Gasteiger charge is 2.14. The van der Waals surface area contributed by atoms with Gasteiger partial charge >= 0.3 is 0 Å². The van der Waals surface area contributed by atoms with Crippen LogP contribution in [0.15, 0.2) is 72.9 Å². The third kappa shape index (κ3) is 4.65. The molecule has 0 saturated carbocycles. The predicted molar refractivity (Wildman–Crippen MR) is 142 cm³/mol. The molecule has 0 radical (unpaired) electrons. The van der Waals surface area contributed by atoms with Gasteiger partial charge in [-0.2, -0.15) is 5.10 Å². The lowest BCUT2D eigenvalue weighted by Gasteiger charge is -2.28. The number of nitrogens with zero attached hydrogens (tertiary/aromatic N) is 4. The average molecular weight is 484 g/mol. The molecule has 2 fully saturated rings. The number of ether oxygens (including phenoxy) is 2. The minimum absolute atomic E-state index is 0.131. The van der Waals surface area contributed by atoms with Crippen molar-refractivity contribution in [2.45, 2.75) is 0 Å². The largest absolute Gasteiger partial charge is 0.378 e. The Bertz CT molecular complexity index is 1340. The number of nitrogens with one attached hydrogen (secondary N) is 1. The normalized spacial score (nSPS) is 16.3. The number of rotatable bonds is 5. The van der Waals surface area contributed by atoms with Crippen molar-refractivity contribution in [1.29, 1.82) is 0 Å². The van der Waals surface area contributed by atoms with Crippen LogP contribution in [-0.4, -0.2) is 68.3 Å². The molecule has 3 heterocycles. The molecule has 4 aromatic rings. The van der Waals surface area contributed by atoms with E-state index in [-0.39, 0.29) is 5.91 Å². The van der Waals surface area contributed by atoms with Gasteiger partial charge in [-0.15, -0.1) is 0 Å². The van der Waals surface area contributed by atoms with Crippen LogP contribution in [0.25, 0.3) is 16.6 Å². The van der Waals surface area contributed by atoms with Crippen LogP contribution in [-0.2, 0) is 9.47 Å². The highest BCUT2D eigenvalue weighted by Crippen LogP contribution is 2.25. The molecule has 3 aromatic carbocycles. The number of fused-ring (bicyclic) bond motifs is 1. The van der Waals surface area contributed by atoms with Gasteiger partial charge in [0.1, 0.15) is 0 Å². The fraction of sp³-hybridized carbons (Fsp3) is 0.286. The predicted octanol–water partition coefficient (Wildman–Crippen LogP) is 3.95. The van der Waals surface area contributed by atoms with Crippen molar-refractivity contribution in [3.63, 3.8) is 0 Å². The summed E-state index contributed by atoms with van der Waals surface area (Å²) in [4.78, 5) is 17.5. The van der Waals surface area contributed by atoms with Crippen molar-refractivity contribution in [3.8, 4) is 5.69 Å². The topological polar surface area (TPSA) is 71.9 Å². The lowest BCUT2D eigenvalue weighted by molar-refractivity contribution is 0.102. The standard InChI is InChI=1S/C28H29N5O3/c34-28(21-1-4-24(5-2-21)31-11-15-35-16-12-31)30-23-3-10-27-22(19-23)20-29-33(27)26-8-6-25(7-9-26)32-13-17-36-18-14-32/h1-10,19-20H,11-18H2,(H,30,34). The summed E-state index contributed by atoms with van der Waals surface area (Å²) in [5.41, 5.74) is 5.67. The van der Waals surface area contributed by atoms with Crippen molar-refractivity contribution in [1.82, 2.24) is 9.78 Å². The number of morpholine rings is 2. The monoisotopic (exact) mass is 483 g/mol. The Kier molecular flexibility index (Phi) is 6.27.